The lowest BCUT2D eigenvalue weighted by atomic mass is 9.41. The van der Waals surface area contributed by atoms with Crippen LogP contribution in [-0.4, -0.2) is 22.8 Å². The molecule has 4 rings (SSSR count). The SMILES string of the molecule is CC(C)=CC(=O)[C@H](O)[C@@H](C)[C@@H]1CC[C@@]2(C)C3=CC[C@@H]4C(C)(C)C(=O)CC[C@]4(C)[C@H]3CC[C@@]12C. The van der Waals surface area contributed by atoms with E-state index >= 15 is 0 Å². The quantitative estimate of drug-likeness (QED) is 0.380. The Bertz CT molecular complexity index is 906. The number of Topliss-reactive ketones (excluding diaryl/α,β-unsaturated/α-hetero) is 1. The molecule has 3 nitrogen and oxygen atoms in total. The van der Waals surface area contributed by atoms with E-state index < -0.39 is 6.10 Å². The lowest BCUT2D eigenvalue weighted by Gasteiger charge is -2.63. The zero-order chi connectivity index (χ0) is 24.6. The first-order valence-electron chi connectivity index (χ1n) is 13.3. The van der Waals surface area contributed by atoms with Gasteiger partial charge in [-0.05, 0) is 98.4 Å². The lowest BCUT2D eigenvalue weighted by Crippen LogP contribution is -2.57. The first kappa shape index (κ1) is 24.9. The summed E-state index contributed by atoms with van der Waals surface area (Å²) in [6.07, 6.45) is 10.5. The second-order valence-electron chi connectivity index (χ2n) is 13.5. The van der Waals surface area contributed by atoms with Gasteiger partial charge in [0.25, 0.3) is 0 Å². The van der Waals surface area contributed by atoms with Gasteiger partial charge in [-0.1, -0.05) is 58.8 Å². The number of carbonyl (C=O) groups is 2. The van der Waals surface area contributed by atoms with E-state index in [0.717, 1.165) is 50.5 Å². The van der Waals surface area contributed by atoms with Crippen LogP contribution in [0.15, 0.2) is 23.3 Å². The van der Waals surface area contributed by atoms with Gasteiger partial charge < -0.3 is 5.11 Å². The third-order valence-corrected chi connectivity index (χ3v) is 11.5. The fourth-order valence-electron chi connectivity index (χ4n) is 9.25. The molecule has 8 atom stereocenters. The second kappa shape index (κ2) is 7.90. The summed E-state index contributed by atoms with van der Waals surface area (Å²) in [5.41, 5.74) is 2.73. The van der Waals surface area contributed by atoms with E-state index in [1.54, 1.807) is 11.6 Å². The topological polar surface area (TPSA) is 54.4 Å². The van der Waals surface area contributed by atoms with Crippen molar-refractivity contribution in [2.45, 2.75) is 106 Å². The standard InChI is InChI=1S/C30H46O3/c1-18(2)17-23(31)26(33)19(3)20-11-15-30(8)22-9-10-24-27(4,5)25(32)13-14-28(24,6)21(22)12-16-29(20,30)7/h9,17,19-21,24,26,33H,10-16H2,1-8H3/t19-,20-,21-,24+,26+,28+,29-,30-/m0/s1. The molecule has 0 heterocycles. The van der Waals surface area contributed by atoms with Gasteiger partial charge in [0.15, 0.2) is 5.78 Å². The van der Waals surface area contributed by atoms with Crippen molar-refractivity contribution in [2.75, 3.05) is 0 Å². The molecule has 0 aromatic heterocycles. The maximum absolute atomic E-state index is 12.8. The summed E-state index contributed by atoms with van der Waals surface area (Å²) in [5.74, 6) is 1.56. The number of hydrogen-bond acceptors (Lipinski definition) is 3. The molecule has 1 N–H and O–H groups in total. The molecule has 3 saturated carbocycles. The van der Waals surface area contributed by atoms with Crippen LogP contribution in [0.1, 0.15) is 100 Å². The Hall–Kier alpha value is -1.22. The van der Waals surface area contributed by atoms with Crippen LogP contribution >= 0.6 is 0 Å². The molecule has 0 bridgehead atoms. The molecule has 0 aromatic rings. The van der Waals surface area contributed by atoms with Crippen LogP contribution in [-0.2, 0) is 9.59 Å². The summed E-state index contributed by atoms with van der Waals surface area (Å²) in [6.45, 7) is 17.7. The third-order valence-electron chi connectivity index (χ3n) is 11.5. The summed E-state index contributed by atoms with van der Waals surface area (Å²) in [4.78, 5) is 25.4. The van der Waals surface area contributed by atoms with E-state index in [1.165, 1.54) is 0 Å². The summed E-state index contributed by atoms with van der Waals surface area (Å²) in [5, 5.41) is 11.0. The van der Waals surface area contributed by atoms with Crippen molar-refractivity contribution < 1.29 is 14.7 Å². The zero-order valence-electron chi connectivity index (χ0n) is 22.3. The maximum atomic E-state index is 12.8. The van der Waals surface area contributed by atoms with E-state index in [0.29, 0.717) is 23.5 Å². The number of rotatable bonds is 4. The monoisotopic (exact) mass is 454 g/mol. The van der Waals surface area contributed by atoms with Crippen LogP contribution in [0.25, 0.3) is 0 Å². The van der Waals surface area contributed by atoms with Crippen LogP contribution in [0.2, 0.25) is 0 Å². The van der Waals surface area contributed by atoms with Gasteiger partial charge in [-0.15, -0.1) is 0 Å². The van der Waals surface area contributed by atoms with Gasteiger partial charge in [-0.25, -0.2) is 0 Å². The number of aliphatic hydroxyl groups excluding tert-OH is 1. The molecule has 4 aliphatic carbocycles. The Kier molecular flexibility index (Phi) is 5.96. The molecule has 0 unspecified atom stereocenters. The molecular formula is C30H46O3. The van der Waals surface area contributed by atoms with E-state index in [-0.39, 0.29) is 33.4 Å². The van der Waals surface area contributed by atoms with Crippen molar-refractivity contribution in [3.8, 4) is 0 Å². The van der Waals surface area contributed by atoms with Crippen molar-refractivity contribution in [3.05, 3.63) is 23.3 Å². The largest absolute Gasteiger partial charge is 0.385 e. The third kappa shape index (κ3) is 3.39. The number of hydrogen-bond donors (Lipinski definition) is 1. The molecular weight excluding hydrogens is 408 g/mol. The normalized spacial score (nSPS) is 43.5. The first-order chi connectivity index (χ1) is 15.2. The maximum Gasteiger partial charge on any atom is 0.184 e. The Balaban J connectivity index is 1.67. The van der Waals surface area contributed by atoms with Gasteiger partial charge in [-0.2, -0.15) is 0 Å². The van der Waals surface area contributed by atoms with E-state index in [1.807, 2.05) is 13.8 Å². The molecule has 184 valence electrons. The highest BCUT2D eigenvalue weighted by Gasteiger charge is 2.65. The first-order valence-corrected chi connectivity index (χ1v) is 13.3. The van der Waals surface area contributed by atoms with Gasteiger partial charge in [0.1, 0.15) is 11.9 Å². The molecule has 0 aliphatic heterocycles. The van der Waals surface area contributed by atoms with Gasteiger partial charge in [0.05, 0.1) is 0 Å². The minimum absolute atomic E-state index is 0.0461. The number of allylic oxidation sites excluding steroid dienone is 3. The number of carbonyl (C=O) groups excluding carboxylic acids is 2. The number of aliphatic hydroxyl groups is 1. The summed E-state index contributed by atoms with van der Waals surface area (Å²) in [7, 11) is 0. The molecule has 4 aliphatic rings. The van der Waals surface area contributed by atoms with Gasteiger partial charge in [-0.3, -0.25) is 9.59 Å². The van der Waals surface area contributed by atoms with Crippen molar-refractivity contribution in [2.24, 2.45) is 45.3 Å². The van der Waals surface area contributed by atoms with Crippen molar-refractivity contribution in [1.82, 2.24) is 0 Å². The Morgan fingerprint density at radius 3 is 2.39 bits per heavy atom. The molecule has 0 aromatic carbocycles. The predicted octanol–water partition coefficient (Wildman–Crippen LogP) is 6.69. The zero-order valence-corrected chi connectivity index (χ0v) is 22.3. The fourth-order valence-corrected chi connectivity index (χ4v) is 9.25. The predicted molar refractivity (Wildman–Crippen MR) is 134 cm³/mol. The molecule has 0 spiro atoms. The highest BCUT2D eigenvalue weighted by Crippen LogP contribution is 2.73. The van der Waals surface area contributed by atoms with Crippen LogP contribution < -0.4 is 0 Å². The molecule has 3 heteroatoms. The fraction of sp³-hybridized carbons (Fsp3) is 0.800. The van der Waals surface area contributed by atoms with Gasteiger partial charge >= 0.3 is 0 Å². The van der Waals surface area contributed by atoms with Crippen molar-refractivity contribution in [1.29, 1.82) is 0 Å². The Morgan fingerprint density at radius 2 is 1.76 bits per heavy atom. The van der Waals surface area contributed by atoms with E-state index in [4.69, 9.17) is 0 Å². The molecule has 33 heavy (non-hydrogen) atoms. The average molecular weight is 455 g/mol. The highest BCUT2D eigenvalue weighted by molar-refractivity contribution is 5.94. The minimum Gasteiger partial charge on any atom is -0.385 e. The second-order valence-corrected chi connectivity index (χ2v) is 13.5. The Morgan fingerprint density at radius 1 is 1.09 bits per heavy atom. The average Bonchev–Trinajstić information content (AvgIpc) is 3.01. The summed E-state index contributed by atoms with van der Waals surface area (Å²) < 4.78 is 0. The van der Waals surface area contributed by atoms with Crippen molar-refractivity contribution in [3.63, 3.8) is 0 Å². The molecule has 0 amide bonds. The van der Waals surface area contributed by atoms with Crippen molar-refractivity contribution >= 4 is 11.6 Å². The lowest BCUT2D eigenvalue weighted by molar-refractivity contribution is -0.146. The van der Waals surface area contributed by atoms with Crippen LogP contribution in [0.3, 0.4) is 0 Å². The van der Waals surface area contributed by atoms with E-state index in [2.05, 4.69) is 47.6 Å². The minimum atomic E-state index is -0.922. The highest BCUT2D eigenvalue weighted by atomic mass is 16.3. The van der Waals surface area contributed by atoms with Gasteiger partial charge in [0, 0.05) is 11.8 Å². The van der Waals surface area contributed by atoms with Crippen LogP contribution in [0.5, 0.6) is 0 Å². The molecule has 3 fully saturated rings. The van der Waals surface area contributed by atoms with Crippen LogP contribution in [0.4, 0.5) is 0 Å². The number of ketones is 2. The van der Waals surface area contributed by atoms with Gasteiger partial charge in [0.2, 0.25) is 0 Å². The van der Waals surface area contributed by atoms with E-state index in [9.17, 15) is 14.7 Å². The van der Waals surface area contributed by atoms with Crippen LogP contribution in [0, 0.1) is 45.3 Å². The summed E-state index contributed by atoms with van der Waals surface area (Å²) in [6, 6.07) is 0. The molecule has 0 radical (unpaired) electrons. The summed E-state index contributed by atoms with van der Waals surface area (Å²) >= 11 is 0. The Labute approximate surface area is 201 Å². The molecule has 0 saturated heterocycles. The number of fused-ring (bicyclic) bond motifs is 5. The smallest absolute Gasteiger partial charge is 0.184 e.